The number of nitrogens with two attached hydrogens (primary N) is 1. The molecule has 13 heteroatoms. The minimum Gasteiger partial charge on any atom is -0.491 e. The molecule has 4 aromatic rings. The van der Waals surface area contributed by atoms with E-state index in [2.05, 4.69) is 10.3 Å². The third kappa shape index (κ3) is 6.23. The molecule has 10 nitrogen and oxygen atoms in total. The first-order valence-corrected chi connectivity index (χ1v) is 15.9. The van der Waals surface area contributed by atoms with Gasteiger partial charge in [-0.2, -0.15) is 5.10 Å². The highest BCUT2D eigenvalue weighted by Crippen LogP contribution is 2.47. The number of carbonyl (C=O) groups excluding carboxylic acids is 2. The summed E-state index contributed by atoms with van der Waals surface area (Å²) in [5.41, 5.74) is 5.24. The van der Waals surface area contributed by atoms with Crippen molar-refractivity contribution in [3.63, 3.8) is 0 Å². The molecule has 3 heterocycles. The SMILES string of the molecule is CCOc1c(CC(N)=O)cc([C@@](O)(CNC(=O)c2cc(OC3CC3)n3nc(C4CC4)cc3c2)C2CC2)nc1-c1cc(F)c(F)cc1F. The Morgan fingerprint density at radius 2 is 1.77 bits per heavy atom. The first-order chi connectivity index (χ1) is 22.5. The number of amides is 2. The van der Waals surface area contributed by atoms with E-state index in [0.29, 0.717) is 42.3 Å². The first kappa shape index (κ1) is 31.0. The Morgan fingerprint density at radius 1 is 1.02 bits per heavy atom. The maximum absolute atomic E-state index is 15.1. The average Bonchev–Trinajstić information content (AvgIpc) is 3.87. The molecule has 0 saturated heterocycles. The number of nitrogens with one attached hydrogen (secondary N) is 1. The van der Waals surface area contributed by atoms with Gasteiger partial charge in [-0.15, -0.1) is 0 Å². The molecule has 0 unspecified atom stereocenters. The standard InChI is InChI=1S/C34H34F3N5O5/c1-2-46-32-18(11-29(38)43)10-28(40-31(32)23-14-25(36)26(37)15-24(23)35)34(45,20-5-6-20)16-39-33(44)19-9-21-13-27(17-3-4-17)41-42(21)30(12-19)47-22-7-8-22/h9-10,12-15,17,20,22,45H,2-8,11,16H2,1H3,(H2,38,43)(H,39,44)/t34-/m1/s1. The molecule has 246 valence electrons. The molecule has 0 radical (unpaired) electrons. The highest BCUT2D eigenvalue weighted by molar-refractivity contribution is 5.95. The highest BCUT2D eigenvalue weighted by atomic mass is 19.2. The summed E-state index contributed by atoms with van der Waals surface area (Å²) in [7, 11) is 0. The van der Waals surface area contributed by atoms with E-state index in [1.54, 1.807) is 23.6 Å². The lowest BCUT2D eigenvalue weighted by molar-refractivity contribution is -0.117. The second kappa shape index (κ2) is 11.9. The van der Waals surface area contributed by atoms with Gasteiger partial charge in [-0.1, -0.05) is 0 Å². The predicted molar refractivity (Wildman–Crippen MR) is 163 cm³/mol. The number of benzene rings is 1. The molecule has 4 N–H and O–H groups in total. The van der Waals surface area contributed by atoms with Crippen LogP contribution in [0, 0.1) is 23.4 Å². The largest absolute Gasteiger partial charge is 0.491 e. The number of ether oxygens (including phenoxy) is 2. The molecule has 0 spiro atoms. The van der Waals surface area contributed by atoms with Gasteiger partial charge in [0.2, 0.25) is 11.8 Å². The molecule has 0 bridgehead atoms. The molecule has 3 fully saturated rings. The van der Waals surface area contributed by atoms with Gasteiger partial charge in [-0.05, 0) is 75.6 Å². The van der Waals surface area contributed by atoms with Crippen LogP contribution in [0.1, 0.15) is 78.7 Å². The molecule has 1 aromatic carbocycles. The van der Waals surface area contributed by atoms with E-state index in [-0.39, 0.29) is 54.3 Å². The summed E-state index contributed by atoms with van der Waals surface area (Å²) in [6.45, 7) is 1.44. The van der Waals surface area contributed by atoms with Crippen LogP contribution in [0.4, 0.5) is 13.2 Å². The van der Waals surface area contributed by atoms with Crippen LogP contribution in [0.15, 0.2) is 36.4 Å². The van der Waals surface area contributed by atoms with Gasteiger partial charge in [0.25, 0.3) is 5.91 Å². The van der Waals surface area contributed by atoms with Gasteiger partial charge in [0, 0.05) is 34.7 Å². The van der Waals surface area contributed by atoms with Crippen molar-refractivity contribution in [3.05, 3.63) is 76.4 Å². The normalized spacial score (nSPS) is 17.4. The summed E-state index contributed by atoms with van der Waals surface area (Å²) in [6.07, 6.45) is 4.90. The van der Waals surface area contributed by atoms with Crippen molar-refractivity contribution in [1.29, 1.82) is 0 Å². The number of hydrogen-bond donors (Lipinski definition) is 3. The predicted octanol–water partition coefficient (Wildman–Crippen LogP) is 4.69. The number of fused-ring (bicyclic) bond motifs is 1. The average molecular weight is 650 g/mol. The smallest absolute Gasteiger partial charge is 0.251 e. The Bertz CT molecular complexity index is 1900. The topological polar surface area (TPSA) is 141 Å². The summed E-state index contributed by atoms with van der Waals surface area (Å²) in [5, 5.41) is 19.7. The first-order valence-electron chi connectivity index (χ1n) is 15.9. The fourth-order valence-electron chi connectivity index (χ4n) is 5.88. The van der Waals surface area contributed by atoms with Crippen LogP contribution in [-0.2, 0) is 16.8 Å². The zero-order chi connectivity index (χ0) is 33.0. The Balaban J connectivity index is 1.25. The van der Waals surface area contributed by atoms with E-state index in [0.717, 1.165) is 36.9 Å². The number of aromatic nitrogens is 3. The molecule has 3 aromatic heterocycles. The van der Waals surface area contributed by atoms with Gasteiger partial charge in [-0.25, -0.2) is 22.7 Å². The van der Waals surface area contributed by atoms with Crippen LogP contribution in [0.25, 0.3) is 16.8 Å². The van der Waals surface area contributed by atoms with Crippen molar-refractivity contribution in [2.24, 2.45) is 11.7 Å². The number of aliphatic hydroxyl groups is 1. The van der Waals surface area contributed by atoms with Crippen molar-refractivity contribution in [2.75, 3.05) is 13.2 Å². The second-order valence-corrected chi connectivity index (χ2v) is 12.6. The molecule has 0 aliphatic heterocycles. The van der Waals surface area contributed by atoms with Gasteiger partial charge in [-0.3, -0.25) is 9.59 Å². The number of carbonyl (C=O) groups is 2. The maximum atomic E-state index is 15.1. The molecule has 47 heavy (non-hydrogen) atoms. The molecule has 3 aliphatic carbocycles. The summed E-state index contributed by atoms with van der Waals surface area (Å²) >= 11 is 0. The van der Waals surface area contributed by atoms with Crippen molar-refractivity contribution >= 4 is 17.3 Å². The molecular weight excluding hydrogens is 615 g/mol. The Hall–Kier alpha value is -4.65. The zero-order valence-electron chi connectivity index (χ0n) is 25.7. The zero-order valence-corrected chi connectivity index (χ0v) is 25.7. The van der Waals surface area contributed by atoms with Gasteiger partial charge in [0.05, 0.1) is 36.5 Å². The Morgan fingerprint density at radius 3 is 2.43 bits per heavy atom. The number of primary amides is 1. The van der Waals surface area contributed by atoms with Crippen molar-refractivity contribution in [3.8, 4) is 22.9 Å². The minimum absolute atomic E-state index is 0.00258. The van der Waals surface area contributed by atoms with Crippen molar-refractivity contribution in [1.82, 2.24) is 19.9 Å². The van der Waals surface area contributed by atoms with Crippen LogP contribution >= 0.6 is 0 Å². The van der Waals surface area contributed by atoms with E-state index in [1.165, 1.54) is 6.07 Å². The summed E-state index contributed by atoms with van der Waals surface area (Å²) in [4.78, 5) is 30.2. The lowest BCUT2D eigenvalue weighted by atomic mass is 9.90. The fourth-order valence-corrected chi connectivity index (χ4v) is 5.88. The van der Waals surface area contributed by atoms with Crippen LogP contribution in [0.3, 0.4) is 0 Å². The summed E-state index contributed by atoms with van der Waals surface area (Å²) in [5.74, 6) is -4.58. The summed E-state index contributed by atoms with van der Waals surface area (Å²) in [6, 6.07) is 7.77. The lowest BCUT2D eigenvalue weighted by Crippen LogP contribution is -2.43. The Kier molecular flexibility index (Phi) is 7.81. The number of hydrogen-bond acceptors (Lipinski definition) is 7. The van der Waals surface area contributed by atoms with Crippen LogP contribution < -0.4 is 20.5 Å². The molecule has 1 atom stereocenters. The van der Waals surface area contributed by atoms with E-state index < -0.39 is 40.4 Å². The molecule has 3 saturated carbocycles. The summed E-state index contributed by atoms with van der Waals surface area (Å²) < 4.78 is 56.9. The lowest BCUT2D eigenvalue weighted by Gasteiger charge is -2.30. The second-order valence-electron chi connectivity index (χ2n) is 12.6. The fraction of sp³-hybridized carbons (Fsp3) is 0.412. The van der Waals surface area contributed by atoms with E-state index in [1.807, 2.05) is 6.07 Å². The number of nitrogens with zero attached hydrogens (tertiary/aromatic N) is 3. The maximum Gasteiger partial charge on any atom is 0.251 e. The van der Waals surface area contributed by atoms with Crippen molar-refractivity contribution < 1.29 is 37.3 Å². The van der Waals surface area contributed by atoms with Crippen LogP contribution in [0.5, 0.6) is 11.6 Å². The minimum atomic E-state index is -1.77. The quantitative estimate of drug-likeness (QED) is 0.179. The molecular formula is C34H34F3N5O5. The number of halogens is 3. The number of pyridine rings is 2. The van der Waals surface area contributed by atoms with Crippen molar-refractivity contribution in [2.45, 2.75) is 69.5 Å². The number of rotatable bonds is 13. The van der Waals surface area contributed by atoms with E-state index in [4.69, 9.17) is 20.3 Å². The van der Waals surface area contributed by atoms with E-state index >= 15 is 4.39 Å². The van der Waals surface area contributed by atoms with E-state index in [9.17, 15) is 23.5 Å². The highest BCUT2D eigenvalue weighted by Gasteiger charge is 2.47. The molecule has 7 rings (SSSR count). The van der Waals surface area contributed by atoms with Crippen LogP contribution in [-0.4, -0.2) is 50.8 Å². The van der Waals surface area contributed by atoms with Gasteiger partial charge in [0.15, 0.2) is 11.6 Å². The monoisotopic (exact) mass is 649 g/mol. The third-order valence-corrected chi connectivity index (χ3v) is 8.80. The molecule has 3 aliphatic rings. The third-order valence-electron chi connectivity index (χ3n) is 8.80. The molecule has 2 amide bonds. The van der Waals surface area contributed by atoms with Gasteiger partial charge in [0.1, 0.15) is 29.0 Å². The van der Waals surface area contributed by atoms with Gasteiger partial charge >= 0.3 is 0 Å². The van der Waals surface area contributed by atoms with Gasteiger partial charge < -0.3 is 25.6 Å². The Labute approximate surface area is 268 Å². The van der Waals surface area contributed by atoms with Crippen LogP contribution in [0.2, 0.25) is 0 Å².